The first kappa shape index (κ1) is 15.8. The Balaban J connectivity index is 2.22. The molecule has 0 radical (unpaired) electrons. The predicted octanol–water partition coefficient (Wildman–Crippen LogP) is 2.22. The van der Waals surface area contributed by atoms with Crippen molar-refractivity contribution >= 4 is 17.1 Å². The van der Waals surface area contributed by atoms with Crippen molar-refractivity contribution in [1.29, 1.82) is 0 Å². The molecule has 0 bridgehead atoms. The van der Waals surface area contributed by atoms with Crippen LogP contribution >= 0.6 is 0 Å². The first-order valence-electron chi connectivity index (χ1n) is 6.81. The van der Waals surface area contributed by atoms with Gasteiger partial charge in [-0.3, -0.25) is 10.1 Å². The Bertz CT molecular complexity index is 649. The topological polar surface area (TPSA) is 113 Å². The minimum atomic E-state index is -0.448. The Morgan fingerprint density at radius 2 is 2.09 bits per heavy atom. The highest BCUT2D eigenvalue weighted by Crippen LogP contribution is 2.28. The second-order valence-corrected chi connectivity index (χ2v) is 4.79. The number of aliphatic hydroxyl groups is 1. The molecule has 1 aromatic carbocycles. The SMILES string of the molecule is Cc1noc(C)c1CNc1cc([N+](=O)[O-])ccc1NCCO. The molecule has 0 saturated carbocycles. The van der Waals surface area contributed by atoms with Crippen molar-refractivity contribution in [2.45, 2.75) is 20.4 Å². The van der Waals surface area contributed by atoms with Gasteiger partial charge in [0.1, 0.15) is 5.76 Å². The van der Waals surface area contributed by atoms with Crippen LogP contribution in [0.5, 0.6) is 0 Å². The van der Waals surface area contributed by atoms with E-state index in [4.69, 9.17) is 9.63 Å². The molecule has 8 nitrogen and oxygen atoms in total. The zero-order valence-electron chi connectivity index (χ0n) is 12.4. The number of aryl methyl sites for hydroxylation is 2. The molecule has 0 fully saturated rings. The van der Waals surface area contributed by atoms with Crippen molar-refractivity contribution in [1.82, 2.24) is 5.16 Å². The summed E-state index contributed by atoms with van der Waals surface area (Å²) in [4.78, 5) is 10.5. The van der Waals surface area contributed by atoms with Gasteiger partial charge in [0.05, 0.1) is 28.6 Å². The lowest BCUT2D eigenvalue weighted by Gasteiger charge is -2.13. The standard InChI is InChI=1S/C14H18N4O4/c1-9-12(10(2)22-17-9)8-16-14-7-11(18(20)21)3-4-13(14)15-5-6-19/h3-4,7,15-16,19H,5-6,8H2,1-2H3. The van der Waals surface area contributed by atoms with Gasteiger partial charge in [-0.2, -0.15) is 0 Å². The molecule has 0 saturated heterocycles. The van der Waals surface area contributed by atoms with Crippen LogP contribution in [0.4, 0.5) is 17.1 Å². The first-order valence-corrected chi connectivity index (χ1v) is 6.81. The molecule has 1 heterocycles. The highest BCUT2D eigenvalue weighted by Gasteiger charge is 2.13. The summed E-state index contributed by atoms with van der Waals surface area (Å²) >= 11 is 0. The summed E-state index contributed by atoms with van der Waals surface area (Å²) in [6, 6.07) is 4.49. The normalized spacial score (nSPS) is 10.5. The third kappa shape index (κ3) is 3.53. The van der Waals surface area contributed by atoms with E-state index in [9.17, 15) is 10.1 Å². The average molecular weight is 306 g/mol. The summed E-state index contributed by atoms with van der Waals surface area (Å²) in [5.41, 5.74) is 2.96. The fourth-order valence-corrected chi connectivity index (χ4v) is 2.07. The summed E-state index contributed by atoms with van der Waals surface area (Å²) < 4.78 is 5.09. The first-order chi connectivity index (χ1) is 10.5. The van der Waals surface area contributed by atoms with E-state index in [0.717, 1.165) is 11.3 Å². The summed E-state index contributed by atoms with van der Waals surface area (Å²) in [5.74, 6) is 0.709. The maximum Gasteiger partial charge on any atom is 0.271 e. The monoisotopic (exact) mass is 306 g/mol. The quantitative estimate of drug-likeness (QED) is 0.531. The predicted molar refractivity (Wildman–Crippen MR) is 82.0 cm³/mol. The van der Waals surface area contributed by atoms with Crippen LogP contribution in [0.1, 0.15) is 17.0 Å². The van der Waals surface area contributed by atoms with E-state index in [1.54, 1.807) is 6.07 Å². The summed E-state index contributed by atoms with van der Waals surface area (Å²) in [6.07, 6.45) is 0. The van der Waals surface area contributed by atoms with Crippen molar-refractivity contribution < 1.29 is 14.6 Å². The third-order valence-electron chi connectivity index (χ3n) is 3.28. The number of aromatic nitrogens is 1. The molecule has 118 valence electrons. The number of aliphatic hydroxyl groups excluding tert-OH is 1. The number of nitrogens with one attached hydrogen (secondary N) is 2. The van der Waals surface area contributed by atoms with E-state index in [0.29, 0.717) is 30.2 Å². The Labute approximate surface area is 127 Å². The molecule has 2 rings (SSSR count). The van der Waals surface area contributed by atoms with Crippen molar-refractivity contribution in [3.05, 3.63) is 45.3 Å². The fourth-order valence-electron chi connectivity index (χ4n) is 2.07. The van der Waals surface area contributed by atoms with Gasteiger partial charge < -0.3 is 20.3 Å². The average Bonchev–Trinajstić information content (AvgIpc) is 2.82. The van der Waals surface area contributed by atoms with Gasteiger partial charge in [-0.25, -0.2) is 0 Å². The number of non-ortho nitro benzene ring substituents is 1. The van der Waals surface area contributed by atoms with Crippen LogP contribution in [0.15, 0.2) is 22.7 Å². The maximum atomic E-state index is 10.9. The second-order valence-electron chi connectivity index (χ2n) is 4.79. The summed E-state index contributed by atoms with van der Waals surface area (Å²) in [5, 5.41) is 29.9. The molecule has 8 heteroatoms. The molecule has 0 unspecified atom stereocenters. The van der Waals surface area contributed by atoms with Gasteiger partial charge >= 0.3 is 0 Å². The number of anilines is 2. The van der Waals surface area contributed by atoms with Crippen LogP contribution in [0.25, 0.3) is 0 Å². The van der Waals surface area contributed by atoms with Crippen LogP contribution in [-0.2, 0) is 6.54 Å². The number of benzene rings is 1. The van der Waals surface area contributed by atoms with Gasteiger partial charge in [-0.1, -0.05) is 5.16 Å². The smallest absolute Gasteiger partial charge is 0.271 e. The lowest BCUT2D eigenvalue weighted by atomic mass is 10.2. The van der Waals surface area contributed by atoms with Gasteiger partial charge in [-0.05, 0) is 19.9 Å². The van der Waals surface area contributed by atoms with Crippen molar-refractivity contribution in [2.75, 3.05) is 23.8 Å². The zero-order valence-corrected chi connectivity index (χ0v) is 12.4. The molecule has 0 amide bonds. The van der Waals surface area contributed by atoms with Crippen LogP contribution in [0.3, 0.4) is 0 Å². The number of nitro benzene ring substituents is 1. The Morgan fingerprint density at radius 1 is 1.32 bits per heavy atom. The number of nitrogens with zero attached hydrogens (tertiary/aromatic N) is 2. The summed E-state index contributed by atoms with van der Waals surface area (Å²) in [7, 11) is 0. The molecule has 22 heavy (non-hydrogen) atoms. The van der Waals surface area contributed by atoms with E-state index in [-0.39, 0.29) is 12.3 Å². The van der Waals surface area contributed by atoms with Crippen LogP contribution < -0.4 is 10.6 Å². The van der Waals surface area contributed by atoms with Crippen LogP contribution in [-0.4, -0.2) is 28.3 Å². The van der Waals surface area contributed by atoms with Gasteiger partial charge in [0.15, 0.2) is 0 Å². The lowest BCUT2D eigenvalue weighted by molar-refractivity contribution is -0.384. The van der Waals surface area contributed by atoms with Gasteiger partial charge in [0.2, 0.25) is 0 Å². The number of rotatable bonds is 7. The molecule has 0 aliphatic carbocycles. The fraction of sp³-hybridized carbons (Fsp3) is 0.357. The van der Waals surface area contributed by atoms with Crippen LogP contribution in [0, 0.1) is 24.0 Å². The highest BCUT2D eigenvalue weighted by atomic mass is 16.6. The Hall–Kier alpha value is -2.61. The van der Waals surface area contributed by atoms with Crippen molar-refractivity contribution in [3.8, 4) is 0 Å². The Kier molecular flexibility index (Phi) is 4.95. The van der Waals surface area contributed by atoms with Gasteiger partial charge in [0, 0.05) is 30.8 Å². The van der Waals surface area contributed by atoms with E-state index in [1.165, 1.54) is 12.1 Å². The van der Waals surface area contributed by atoms with Gasteiger partial charge in [-0.15, -0.1) is 0 Å². The second kappa shape index (κ2) is 6.90. The number of hydrogen-bond acceptors (Lipinski definition) is 7. The van der Waals surface area contributed by atoms with E-state index in [1.807, 2.05) is 13.8 Å². The molecule has 0 aliphatic rings. The maximum absolute atomic E-state index is 10.9. The molecule has 0 aliphatic heterocycles. The molecular weight excluding hydrogens is 288 g/mol. The van der Waals surface area contributed by atoms with Crippen LogP contribution in [0.2, 0.25) is 0 Å². The lowest BCUT2D eigenvalue weighted by Crippen LogP contribution is -2.09. The molecule has 2 aromatic rings. The molecule has 0 atom stereocenters. The highest BCUT2D eigenvalue weighted by molar-refractivity contribution is 5.72. The molecule has 1 aromatic heterocycles. The third-order valence-corrected chi connectivity index (χ3v) is 3.28. The van der Waals surface area contributed by atoms with Crippen molar-refractivity contribution in [3.63, 3.8) is 0 Å². The zero-order chi connectivity index (χ0) is 16.1. The molecule has 3 N–H and O–H groups in total. The minimum Gasteiger partial charge on any atom is -0.395 e. The van der Waals surface area contributed by atoms with E-state index in [2.05, 4.69) is 15.8 Å². The largest absolute Gasteiger partial charge is 0.395 e. The molecular formula is C14H18N4O4. The van der Waals surface area contributed by atoms with Gasteiger partial charge in [0.25, 0.3) is 5.69 Å². The molecule has 0 spiro atoms. The number of hydrogen-bond donors (Lipinski definition) is 3. The van der Waals surface area contributed by atoms with E-state index < -0.39 is 4.92 Å². The van der Waals surface area contributed by atoms with E-state index >= 15 is 0 Å². The van der Waals surface area contributed by atoms with Crippen molar-refractivity contribution in [2.24, 2.45) is 0 Å². The number of nitro groups is 1. The Morgan fingerprint density at radius 3 is 2.68 bits per heavy atom. The minimum absolute atomic E-state index is 0.00388. The summed E-state index contributed by atoms with van der Waals surface area (Å²) in [6.45, 7) is 4.43.